The van der Waals surface area contributed by atoms with Crippen LogP contribution >= 0.6 is 23.2 Å². The highest BCUT2D eigenvalue weighted by Gasteiger charge is 2.80. The first-order chi connectivity index (χ1) is 30.6. The zero-order valence-electron chi connectivity index (χ0n) is 37.8. The number of fused-ring (bicyclic) bond motifs is 8. The third-order valence-corrected chi connectivity index (χ3v) is 15.1. The number of carboxylic acids is 1. The van der Waals surface area contributed by atoms with Crippen molar-refractivity contribution in [2.75, 3.05) is 19.0 Å². The summed E-state index contributed by atoms with van der Waals surface area (Å²) in [6, 6.07) is 25.1. The molecule has 4 aromatic rings. The van der Waals surface area contributed by atoms with Crippen molar-refractivity contribution in [3.8, 4) is 5.75 Å². The van der Waals surface area contributed by atoms with Gasteiger partial charge in [0.05, 0.1) is 41.5 Å². The van der Waals surface area contributed by atoms with Crippen molar-refractivity contribution in [2.24, 2.45) is 22.7 Å². The minimum atomic E-state index is -1.98. The van der Waals surface area contributed by atoms with E-state index in [2.05, 4.69) is 49.5 Å². The van der Waals surface area contributed by atoms with Crippen LogP contribution in [0.15, 0.2) is 103 Å². The number of methoxy groups -OCH3 is 1. The van der Waals surface area contributed by atoms with Gasteiger partial charge in [0.1, 0.15) is 12.4 Å². The number of Topliss-reactive ketones (excluding diaryl/α,β-unsaturated/α-hetero) is 1. The van der Waals surface area contributed by atoms with Crippen molar-refractivity contribution in [2.45, 2.75) is 109 Å². The Morgan fingerprint density at radius 2 is 1.63 bits per heavy atom. The molecule has 0 spiro atoms. The number of carboxylic acid groups (broad SMARTS) is 1. The number of rotatable bonds is 8. The molecule has 4 N–H and O–H groups in total. The van der Waals surface area contributed by atoms with Crippen LogP contribution in [0.5, 0.6) is 5.75 Å². The van der Waals surface area contributed by atoms with Crippen LogP contribution in [0.25, 0.3) is 10.8 Å². The number of carbonyl (C=O) groups is 3. The minimum absolute atomic E-state index is 0.0109. The van der Waals surface area contributed by atoms with Gasteiger partial charge in [-0.15, -0.1) is 0 Å². The molecule has 3 saturated carbocycles. The van der Waals surface area contributed by atoms with Gasteiger partial charge in [-0.2, -0.15) is 0 Å². The van der Waals surface area contributed by atoms with Gasteiger partial charge < -0.3 is 34.8 Å². The first-order valence-electron chi connectivity index (χ1n) is 22.1. The lowest BCUT2D eigenvalue weighted by Gasteiger charge is -2.62. The number of ketones is 2. The van der Waals surface area contributed by atoms with E-state index in [0.29, 0.717) is 52.2 Å². The highest BCUT2D eigenvalue weighted by Crippen LogP contribution is 2.72. The van der Waals surface area contributed by atoms with E-state index in [1.807, 2.05) is 19.1 Å². The number of carbonyl (C=O) groups excluding carboxylic acids is 2. The summed E-state index contributed by atoms with van der Waals surface area (Å²) in [4.78, 5) is 35.9. The number of hydrogen-bond acceptors (Lipinski definition) is 9. The van der Waals surface area contributed by atoms with E-state index in [-0.39, 0.29) is 24.5 Å². The third kappa shape index (κ3) is 8.53. The largest absolute Gasteiger partial charge is 0.497 e. The lowest BCUT2D eigenvalue weighted by Crippen LogP contribution is -2.70. The second-order valence-electron chi connectivity index (χ2n) is 19.0. The smallest absolute Gasteiger partial charge is 0.307 e. The SMILES string of the molecule is CC1(C)OC2CC3C4CCC5=CC(=O)C=C[C@]5(C)[C@@]4(F)[C@@H](O)C[C@]3(C)C2(C(=O)CO)O1.COc1ccc2cc(C(C)C)ccc2c1.O=C(O)Cc1ccccc1Nc1c(Cl)cccc1Cl. The maximum Gasteiger partial charge on any atom is 0.307 e. The van der Waals surface area contributed by atoms with Crippen molar-refractivity contribution in [1.82, 2.24) is 0 Å². The second-order valence-corrected chi connectivity index (χ2v) is 19.8. The average molecular weight is 931 g/mol. The monoisotopic (exact) mass is 929 g/mol. The molecular weight excluding hydrogens is 872 g/mol. The van der Waals surface area contributed by atoms with Gasteiger partial charge >= 0.3 is 5.97 Å². The Bertz CT molecular complexity index is 2540. The standard InChI is InChI=1S/C24H31FO6.C14H11Cl2NO2.C14H16O/c1-20(2)30-19-10-16-15-6-5-13-9-14(27)7-8-21(13,3)23(15,25)17(28)11-22(16,4)24(19,31-20)18(29)12-26;15-10-5-3-6-11(16)14(10)17-12-7-2-1-4-9(12)8-13(18)19;1-10(2)11-4-5-13-9-14(15-3)7-6-12(13)8-11/h7-9,15-17,19,26,28H,5-6,10-12H2,1-4H3;1-7,17H,8H2,(H,18,19);4-10H,1-3H3/t15?,16?,17-,19?,21-,22-,23-,24?;;/m0../s1. The number of allylic oxidation sites excluding steroid dienone is 4. The van der Waals surface area contributed by atoms with Crippen LogP contribution in [-0.2, 0) is 30.3 Å². The average Bonchev–Trinajstić information content (AvgIpc) is 3.67. The Kier molecular flexibility index (Phi) is 13.5. The van der Waals surface area contributed by atoms with Crippen LogP contribution in [-0.4, -0.2) is 75.8 Å². The fourth-order valence-electron chi connectivity index (χ4n) is 11.4. The summed E-state index contributed by atoms with van der Waals surface area (Å²) in [5.41, 5.74) is -1.35. The van der Waals surface area contributed by atoms with Crippen molar-refractivity contribution in [3.63, 3.8) is 0 Å². The van der Waals surface area contributed by atoms with E-state index in [9.17, 15) is 24.6 Å². The number of aliphatic carboxylic acids is 1. The lowest BCUT2D eigenvalue weighted by molar-refractivity contribution is -0.246. The molecule has 0 radical (unpaired) electrons. The number of anilines is 2. The second kappa shape index (κ2) is 18.2. The summed E-state index contributed by atoms with van der Waals surface area (Å²) in [7, 11) is 1.70. The lowest BCUT2D eigenvalue weighted by atomic mass is 9.44. The number of nitrogens with one attached hydrogen (secondary N) is 1. The number of aliphatic hydroxyl groups is 2. The summed E-state index contributed by atoms with van der Waals surface area (Å²) in [6.07, 6.45) is 3.93. The van der Waals surface area contributed by atoms with E-state index in [0.717, 1.165) is 11.3 Å². The predicted octanol–water partition coefficient (Wildman–Crippen LogP) is 10.8. The molecule has 1 heterocycles. The number of benzene rings is 4. The summed E-state index contributed by atoms with van der Waals surface area (Å²) in [6.45, 7) is 10.8. The number of alkyl halides is 1. The maximum absolute atomic E-state index is 17.1. The van der Waals surface area contributed by atoms with Crippen LogP contribution in [0.3, 0.4) is 0 Å². The van der Waals surface area contributed by atoms with Crippen LogP contribution in [0, 0.1) is 22.7 Å². The van der Waals surface area contributed by atoms with Gasteiger partial charge in [0.25, 0.3) is 0 Å². The molecule has 0 aromatic heterocycles. The first kappa shape index (κ1) is 48.3. The highest BCUT2D eigenvalue weighted by molar-refractivity contribution is 6.39. The quantitative estimate of drug-likeness (QED) is 0.134. The summed E-state index contributed by atoms with van der Waals surface area (Å²) < 4.78 is 34.7. The van der Waals surface area contributed by atoms with Gasteiger partial charge in [0.2, 0.25) is 0 Å². The van der Waals surface area contributed by atoms with E-state index < -0.39 is 64.4 Å². The van der Waals surface area contributed by atoms with Gasteiger partial charge in [-0.05, 0) is 123 Å². The summed E-state index contributed by atoms with van der Waals surface area (Å²) >= 11 is 12.1. The number of aliphatic hydroxyl groups excluding tert-OH is 2. The molecule has 4 aliphatic carbocycles. The first-order valence-corrected chi connectivity index (χ1v) is 22.8. The molecule has 0 bridgehead atoms. The maximum atomic E-state index is 17.1. The molecule has 10 nitrogen and oxygen atoms in total. The third-order valence-electron chi connectivity index (χ3n) is 14.5. The van der Waals surface area contributed by atoms with Crippen LogP contribution < -0.4 is 10.1 Å². The van der Waals surface area contributed by atoms with Gasteiger partial charge in [0, 0.05) is 22.4 Å². The zero-order valence-corrected chi connectivity index (χ0v) is 39.3. The highest BCUT2D eigenvalue weighted by atomic mass is 35.5. The van der Waals surface area contributed by atoms with E-state index >= 15 is 4.39 Å². The minimum Gasteiger partial charge on any atom is -0.497 e. The molecule has 1 aliphatic heterocycles. The van der Waals surface area contributed by atoms with Crippen LogP contribution in [0.4, 0.5) is 15.8 Å². The van der Waals surface area contributed by atoms with Gasteiger partial charge in [-0.25, -0.2) is 4.39 Å². The Balaban J connectivity index is 0.000000158. The molecule has 4 fully saturated rings. The molecular formula is C52H58Cl2FNO9. The molecule has 9 rings (SSSR count). The van der Waals surface area contributed by atoms with Gasteiger partial charge in [-0.1, -0.05) is 104 Å². The fraction of sp³-hybridized carbons (Fsp3) is 0.442. The molecule has 1 saturated heterocycles. The van der Waals surface area contributed by atoms with Crippen molar-refractivity contribution >= 4 is 62.9 Å². The van der Waals surface area contributed by atoms with E-state index in [1.165, 1.54) is 28.5 Å². The fourth-order valence-corrected chi connectivity index (χ4v) is 11.9. The van der Waals surface area contributed by atoms with Crippen molar-refractivity contribution in [3.05, 3.63) is 124 Å². The summed E-state index contributed by atoms with van der Waals surface area (Å²) in [5, 5.41) is 36.6. The Morgan fingerprint density at radius 3 is 2.29 bits per heavy atom. The normalized spacial score (nSPS) is 30.4. The Morgan fingerprint density at radius 1 is 0.954 bits per heavy atom. The molecule has 5 aliphatic rings. The summed E-state index contributed by atoms with van der Waals surface area (Å²) in [5.74, 6) is -1.85. The molecule has 346 valence electrons. The predicted molar refractivity (Wildman–Crippen MR) is 251 cm³/mol. The van der Waals surface area contributed by atoms with Crippen molar-refractivity contribution in [1.29, 1.82) is 0 Å². The molecule has 4 aromatic carbocycles. The topological polar surface area (TPSA) is 152 Å². The Hall–Kier alpha value is -4.62. The molecule has 65 heavy (non-hydrogen) atoms. The zero-order chi connectivity index (χ0) is 47.3. The molecule has 8 atom stereocenters. The molecule has 4 unspecified atom stereocenters. The number of ether oxygens (including phenoxy) is 3. The van der Waals surface area contributed by atoms with Crippen molar-refractivity contribution < 1.29 is 48.3 Å². The van der Waals surface area contributed by atoms with Crippen LogP contribution in [0.1, 0.15) is 84.3 Å². The number of hydrogen-bond donors (Lipinski definition) is 4. The number of para-hydroxylation sites is 2. The molecule has 0 amide bonds. The van der Waals surface area contributed by atoms with Gasteiger partial charge in [-0.3, -0.25) is 14.4 Å². The van der Waals surface area contributed by atoms with Crippen LogP contribution in [0.2, 0.25) is 10.0 Å². The number of halogens is 3. The molecule has 13 heteroatoms. The Labute approximate surface area is 389 Å². The van der Waals surface area contributed by atoms with E-state index in [1.54, 1.807) is 70.4 Å². The van der Waals surface area contributed by atoms with Gasteiger partial charge in [0.15, 0.2) is 28.6 Å². The van der Waals surface area contributed by atoms with E-state index in [4.69, 9.17) is 42.5 Å².